The van der Waals surface area contributed by atoms with Gasteiger partial charge in [-0.15, -0.1) is 11.3 Å². The zero-order valence-corrected chi connectivity index (χ0v) is 11.4. The summed E-state index contributed by atoms with van der Waals surface area (Å²) in [6, 6.07) is 0.172. The molecule has 6 heteroatoms. The lowest BCUT2D eigenvalue weighted by atomic mass is 10.1. The van der Waals surface area contributed by atoms with Crippen LogP contribution in [0.3, 0.4) is 0 Å². The molecule has 1 saturated heterocycles. The van der Waals surface area contributed by atoms with Crippen molar-refractivity contribution >= 4 is 17.2 Å². The van der Waals surface area contributed by atoms with Gasteiger partial charge in [0, 0.05) is 18.3 Å². The number of amides is 1. The molecule has 0 aliphatic carbocycles. The molecule has 1 atom stereocenters. The fraction of sp³-hybridized carbons (Fsp3) is 0.667. The molecule has 1 fully saturated rings. The molecule has 1 amide bonds. The van der Waals surface area contributed by atoms with Gasteiger partial charge in [0.2, 0.25) is 0 Å². The molecule has 1 aromatic heterocycles. The van der Waals surface area contributed by atoms with E-state index in [1.165, 1.54) is 11.3 Å². The number of carbonyl (C=O) groups is 1. The van der Waals surface area contributed by atoms with Gasteiger partial charge in [-0.1, -0.05) is 6.92 Å². The first-order valence-corrected chi connectivity index (χ1v) is 7.17. The van der Waals surface area contributed by atoms with Crippen LogP contribution in [0.2, 0.25) is 0 Å². The van der Waals surface area contributed by atoms with E-state index in [2.05, 4.69) is 11.9 Å². The molecule has 0 spiro atoms. The van der Waals surface area contributed by atoms with E-state index in [-0.39, 0.29) is 11.9 Å². The Morgan fingerprint density at radius 3 is 3.28 bits per heavy atom. The number of hydrogen-bond acceptors (Lipinski definition) is 5. The van der Waals surface area contributed by atoms with Gasteiger partial charge in [0.25, 0.3) is 5.91 Å². The van der Waals surface area contributed by atoms with Gasteiger partial charge in [-0.2, -0.15) is 0 Å². The molecule has 100 valence electrons. The lowest BCUT2D eigenvalue weighted by Gasteiger charge is -2.34. The summed E-state index contributed by atoms with van der Waals surface area (Å²) >= 11 is 1.51. The van der Waals surface area contributed by atoms with Crippen molar-refractivity contribution in [3.63, 3.8) is 0 Å². The maximum Gasteiger partial charge on any atom is 0.273 e. The van der Waals surface area contributed by atoms with Gasteiger partial charge in [0.05, 0.1) is 24.3 Å². The van der Waals surface area contributed by atoms with Crippen molar-refractivity contribution in [2.45, 2.75) is 25.8 Å². The van der Waals surface area contributed by atoms with Gasteiger partial charge >= 0.3 is 0 Å². The molecule has 2 heterocycles. The van der Waals surface area contributed by atoms with Crippen LogP contribution in [-0.2, 0) is 11.2 Å². The largest absolute Gasteiger partial charge is 0.377 e. The Balaban J connectivity index is 2.08. The molecule has 1 aromatic rings. The molecule has 18 heavy (non-hydrogen) atoms. The molecule has 0 saturated carbocycles. The van der Waals surface area contributed by atoms with Gasteiger partial charge < -0.3 is 15.4 Å². The van der Waals surface area contributed by atoms with Crippen molar-refractivity contribution in [1.29, 1.82) is 0 Å². The van der Waals surface area contributed by atoms with Crippen molar-refractivity contribution in [2.24, 2.45) is 5.73 Å². The van der Waals surface area contributed by atoms with Crippen molar-refractivity contribution in [2.75, 3.05) is 26.3 Å². The fourth-order valence-electron chi connectivity index (χ4n) is 2.05. The number of thiazole rings is 1. The number of ether oxygens (including phenoxy) is 1. The Bertz CT molecular complexity index is 408. The van der Waals surface area contributed by atoms with Crippen LogP contribution in [-0.4, -0.2) is 48.1 Å². The summed E-state index contributed by atoms with van der Waals surface area (Å²) < 4.78 is 5.40. The lowest BCUT2D eigenvalue weighted by Crippen LogP contribution is -2.48. The van der Waals surface area contributed by atoms with E-state index in [1.54, 1.807) is 0 Å². The molecule has 0 bridgehead atoms. The summed E-state index contributed by atoms with van der Waals surface area (Å²) in [7, 11) is 0. The predicted octanol–water partition coefficient (Wildman–Crippen LogP) is 0.895. The molecule has 1 aliphatic rings. The van der Waals surface area contributed by atoms with Crippen LogP contribution in [0.5, 0.6) is 0 Å². The van der Waals surface area contributed by atoms with E-state index < -0.39 is 0 Å². The van der Waals surface area contributed by atoms with Crippen LogP contribution < -0.4 is 5.73 Å². The first kappa shape index (κ1) is 13.5. The maximum atomic E-state index is 12.4. The summed E-state index contributed by atoms with van der Waals surface area (Å²) in [6.45, 7) is 4.53. The summed E-state index contributed by atoms with van der Waals surface area (Å²) in [4.78, 5) is 18.6. The summed E-state index contributed by atoms with van der Waals surface area (Å²) in [6.07, 6.45) is 1.64. The minimum Gasteiger partial charge on any atom is -0.377 e. The van der Waals surface area contributed by atoms with Gasteiger partial charge in [-0.25, -0.2) is 4.98 Å². The molecule has 2 rings (SSSR count). The summed E-state index contributed by atoms with van der Waals surface area (Å²) in [5, 5.41) is 2.76. The number of carbonyl (C=O) groups excluding carboxylic acids is 1. The van der Waals surface area contributed by atoms with Crippen LogP contribution in [0.1, 0.15) is 28.8 Å². The maximum absolute atomic E-state index is 12.4. The van der Waals surface area contributed by atoms with E-state index in [4.69, 9.17) is 10.5 Å². The highest BCUT2D eigenvalue weighted by Crippen LogP contribution is 2.17. The van der Waals surface area contributed by atoms with Gasteiger partial charge in [-0.3, -0.25) is 4.79 Å². The third kappa shape index (κ3) is 2.88. The average Bonchev–Trinajstić information content (AvgIpc) is 2.87. The number of nitrogens with zero attached hydrogens (tertiary/aromatic N) is 2. The molecule has 1 aliphatic heterocycles. The standard InChI is InChI=1S/C12H19N3O2S/c1-2-9-7-17-6-5-15(9)12(16)10-8-18-11(14-10)3-4-13/h8-9H,2-7,13H2,1H3/t9-/m1/s1. The van der Waals surface area contributed by atoms with Crippen LogP contribution in [0.15, 0.2) is 5.38 Å². The first-order valence-electron chi connectivity index (χ1n) is 6.29. The highest BCUT2D eigenvalue weighted by atomic mass is 32.1. The number of aromatic nitrogens is 1. The average molecular weight is 269 g/mol. The second-order valence-electron chi connectivity index (χ2n) is 4.30. The Labute approximate surface area is 111 Å². The van der Waals surface area contributed by atoms with E-state index in [0.29, 0.717) is 32.0 Å². The van der Waals surface area contributed by atoms with E-state index in [1.807, 2.05) is 10.3 Å². The van der Waals surface area contributed by atoms with Gasteiger partial charge in [0.15, 0.2) is 0 Å². The second kappa shape index (κ2) is 6.26. The minimum atomic E-state index is 0.0182. The van der Waals surface area contributed by atoms with Crippen LogP contribution in [0.4, 0.5) is 0 Å². The topological polar surface area (TPSA) is 68.5 Å². The Hall–Kier alpha value is -0.980. The zero-order chi connectivity index (χ0) is 13.0. The SMILES string of the molecule is CC[C@@H]1COCCN1C(=O)c1csc(CCN)n1. The number of morpholine rings is 1. The van der Waals surface area contributed by atoms with E-state index in [9.17, 15) is 4.79 Å². The highest BCUT2D eigenvalue weighted by Gasteiger charge is 2.28. The predicted molar refractivity (Wildman–Crippen MR) is 70.8 cm³/mol. The van der Waals surface area contributed by atoms with Crippen molar-refractivity contribution in [3.05, 3.63) is 16.1 Å². The Morgan fingerprint density at radius 2 is 2.56 bits per heavy atom. The summed E-state index contributed by atoms with van der Waals surface area (Å²) in [5.41, 5.74) is 6.03. The third-order valence-electron chi connectivity index (χ3n) is 3.09. The monoisotopic (exact) mass is 269 g/mol. The number of hydrogen-bond donors (Lipinski definition) is 1. The molecule has 0 radical (unpaired) electrons. The molecule has 5 nitrogen and oxygen atoms in total. The van der Waals surface area contributed by atoms with Crippen molar-refractivity contribution in [3.8, 4) is 0 Å². The third-order valence-corrected chi connectivity index (χ3v) is 4.00. The van der Waals surface area contributed by atoms with Crippen molar-refractivity contribution < 1.29 is 9.53 Å². The molecule has 2 N–H and O–H groups in total. The minimum absolute atomic E-state index is 0.0182. The van der Waals surface area contributed by atoms with Crippen LogP contribution in [0.25, 0.3) is 0 Å². The quantitative estimate of drug-likeness (QED) is 0.881. The normalized spacial score (nSPS) is 20.1. The lowest BCUT2D eigenvalue weighted by molar-refractivity contribution is -0.00307. The summed E-state index contributed by atoms with van der Waals surface area (Å²) in [5.74, 6) is 0.0182. The second-order valence-corrected chi connectivity index (χ2v) is 5.24. The Morgan fingerprint density at radius 1 is 1.72 bits per heavy atom. The molecule has 0 unspecified atom stereocenters. The van der Waals surface area contributed by atoms with E-state index in [0.717, 1.165) is 17.8 Å². The first-order chi connectivity index (χ1) is 8.76. The Kier molecular flexibility index (Phi) is 4.68. The molecular weight excluding hydrogens is 250 g/mol. The fourth-order valence-corrected chi connectivity index (χ4v) is 2.84. The zero-order valence-electron chi connectivity index (χ0n) is 10.6. The molecular formula is C12H19N3O2S. The van der Waals surface area contributed by atoms with Crippen LogP contribution in [0, 0.1) is 0 Å². The van der Waals surface area contributed by atoms with Crippen LogP contribution >= 0.6 is 11.3 Å². The number of rotatable bonds is 4. The highest BCUT2D eigenvalue weighted by molar-refractivity contribution is 7.09. The number of nitrogens with two attached hydrogens (primary N) is 1. The van der Waals surface area contributed by atoms with Crippen molar-refractivity contribution in [1.82, 2.24) is 9.88 Å². The van der Waals surface area contributed by atoms with Gasteiger partial charge in [-0.05, 0) is 13.0 Å². The van der Waals surface area contributed by atoms with E-state index >= 15 is 0 Å². The molecule has 0 aromatic carbocycles. The van der Waals surface area contributed by atoms with Gasteiger partial charge in [0.1, 0.15) is 5.69 Å². The smallest absolute Gasteiger partial charge is 0.273 e.